The summed E-state index contributed by atoms with van der Waals surface area (Å²) < 4.78 is 27.1. The van der Waals surface area contributed by atoms with Gasteiger partial charge in [-0.1, -0.05) is 17.7 Å². The van der Waals surface area contributed by atoms with Gasteiger partial charge in [-0.3, -0.25) is 0 Å². The first-order valence-electron chi connectivity index (χ1n) is 5.99. The molecule has 0 aliphatic carbocycles. The molecule has 108 valence electrons. The highest BCUT2D eigenvalue weighted by Crippen LogP contribution is 2.23. The van der Waals surface area contributed by atoms with E-state index in [-0.39, 0.29) is 4.90 Å². The molecule has 5 nitrogen and oxygen atoms in total. The van der Waals surface area contributed by atoms with Crippen LogP contribution in [0.25, 0.3) is 0 Å². The molecule has 1 aromatic rings. The highest BCUT2D eigenvalue weighted by atomic mass is 32.2. The van der Waals surface area contributed by atoms with Crippen molar-refractivity contribution >= 4 is 10.0 Å². The smallest absolute Gasteiger partial charge is 0.241 e. The van der Waals surface area contributed by atoms with Crippen molar-refractivity contribution in [2.75, 3.05) is 13.2 Å². The fraction of sp³-hybridized carbons (Fsp3) is 0.538. The maximum absolute atomic E-state index is 12.4. The molecule has 0 saturated carbocycles. The average molecular weight is 287 g/mol. The van der Waals surface area contributed by atoms with E-state index in [0.29, 0.717) is 11.1 Å². The third-order valence-corrected chi connectivity index (χ3v) is 4.90. The summed E-state index contributed by atoms with van der Waals surface area (Å²) in [6.45, 7) is 5.84. The number of hydrogen-bond donors (Lipinski definition) is 3. The molecule has 0 heterocycles. The van der Waals surface area contributed by atoms with Crippen molar-refractivity contribution < 1.29 is 18.6 Å². The van der Waals surface area contributed by atoms with Gasteiger partial charge in [0.25, 0.3) is 0 Å². The van der Waals surface area contributed by atoms with Crippen molar-refractivity contribution in [2.24, 2.45) is 0 Å². The summed E-state index contributed by atoms with van der Waals surface area (Å²) in [5, 5.41) is 18.4. The summed E-state index contributed by atoms with van der Waals surface area (Å²) in [6.07, 6.45) is 0. The van der Waals surface area contributed by atoms with Gasteiger partial charge in [0.05, 0.1) is 23.6 Å². The number of nitrogens with one attached hydrogen (secondary N) is 1. The molecule has 1 aromatic carbocycles. The van der Waals surface area contributed by atoms with Gasteiger partial charge in [-0.25, -0.2) is 13.1 Å². The summed E-state index contributed by atoms with van der Waals surface area (Å²) in [6, 6.07) is 3.58. The van der Waals surface area contributed by atoms with Gasteiger partial charge in [0.2, 0.25) is 10.0 Å². The molecule has 0 saturated heterocycles. The van der Waals surface area contributed by atoms with Gasteiger partial charge in [-0.05, 0) is 38.8 Å². The number of aliphatic hydroxyl groups is 2. The molecule has 0 bridgehead atoms. The second-order valence-electron chi connectivity index (χ2n) is 5.21. The summed E-state index contributed by atoms with van der Waals surface area (Å²) in [5.41, 5.74) is 0.996. The lowest BCUT2D eigenvalue weighted by Crippen LogP contribution is -2.51. The van der Waals surface area contributed by atoms with Gasteiger partial charge in [-0.2, -0.15) is 0 Å². The van der Waals surface area contributed by atoms with Gasteiger partial charge in [0, 0.05) is 0 Å². The molecule has 1 rings (SSSR count). The Labute approximate surface area is 114 Å². The minimum Gasteiger partial charge on any atom is -0.394 e. The largest absolute Gasteiger partial charge is 0.394 e. The van der Waals surface area contributed by atoms with Crippen molar-refractivity contribution in [1.29, 1.82) is 0 Å². The SMILES string of the molecule is Cc1cc(C)c(S(=O)(=O)NC(C)(CO)CO)c(C)c1. The number of sulfonamides is 1. The quantitative estimate of drug-likeness (QED) is 0.741. The van der Waals surface area contributed by atoms with E-state index in [4.69, 9.17) is 0 Å². The topological polar surface area (TPSA) is 86.6 Å². The second kappa shape index (κ2) is 5.58. The first-order valence-corrected chi connectivity index (χ1v) is 7.47. The van der Waals surface area contributed by atoms with Crippen LogP contribution in [0.3, 0.4) is 0 Å². The minimum absolute atomic E-state index is 0.200. The predicted molar refractivity (Wildman–Crippen MR) is 73.6 cm³/mol. The van der Waals surface area contributed by atoms with Crippen LogP contribution in [0.4, 0.5) is 0 Å². The number of aliphatic hydroxyl groups excluding tert-OH is 2. The fourth-order valence-corrected chi connectivity index (χ4v) is 3.93. The number of aryl methyl sites for hydroxylation is 3. The molecule has 0 unspecified atom stereocenters. The standard InChI is InChI=1S/C13H21NO4S/c1-9-5-10(2)12(11(3)6-9)19(17,18)14-13(4,7-15)8-16/h5-6,14-16H,7-8H2,1-4H3. The average Bonchev–Trinajstić information content (AvgIpc) is 2.26. The number of benzene rings is 1. The first-order chi connectivity index (χ1) is 8.65. The Balaban J connectivity index is 3.29. The molecule has 0 atom stereocenters. The molecular formula is C13H21NO4S. The van der Waals surface area contributed by atoms with E-state index < -0.39 is 28.8 Å². The van der Waals surface area contributed by atoms with Crippen molar-refractivity contribution in [3.63, 3.8) is 0 Å². The number of hydrogen-bond acceptors (Lipinski definition) is 4. The van der Waals surface area contributed by atoms with Crippen LogP contribution in [-0.2, 0) is 10.0 Å². The minimum atomic E-state index is -3.79. The monoisotopic (exact) mass is 287 g/mol. The lowest BCUT2D eigenvalue weighted by Gasteiger charge is -2.26. The molecule has 0 aliphatic heterocycles. The molecule has 0 spiro atoms. The van der Waals surface area contributed by atoms with Gasteiger partial charge < -0.3 is 10.2 Å². The van der Waals surface area contributed by atoms with Gasteiger partial charge >= 0.3 is 0 Å². The lowest BCUT2D eigenvalue weighted by molar-refractivity contribution is 0.121. The zero-order valence-electron chi connectivity index (χ0n) is 11.7. The van der Waals surface area contributed by atoms with Crippen molar-refractivity contribution in [3.8, 4) is 0 Å². The lowest BCUT2D eigenvalue weighted by atomic mass is 10.1. The van der Waals surface area contributed by atoms with E-state index in [0.717, 1.165) is 5.56 Å². The van der Waals surface area contributed by atoms with Crippen molar-refractivity contribution in [1.82, 2.24) is 4.72 Å². The van der Waals surface area contributed by atoms with Crippen LogP contribution in [0, 0.1) is 20.8 Å². The Bertz CT molecular complexity index is 539. The summed E-state index contributed by atoms with van der Waals surface area (Å²) in [5.74, 6) is 0. The van der Waals surface area contributed by atoms with E-state index in [9.17, 15) is 18.6 Å². The zero-order valence-corrected chi connectivity index (χ0v) is 12.5. The number of rotatable bonds is 5. The molecule has 6 heteroatoms. The van der Waals surface area contributed by atoms with Crippen molar-refractivity contribution in [3.05, 3.63) is 28.8 Å². The molecule has 19 heavy (non-hydrogen) atoms. The third-order valence-electron chi connectivity index (χ3n) is 2.95. The Morgan fingerprint density at radius 3 is 1.89 bits per heavy atom. The first kappa shape index (κ1) is 16.1. The summed E-state index contributed by atoms with van der Waals surface area (Å²) in [7, 11) is -3.79. The van der Waals surface area contributed by atoms with Crippen molar-refractivity contribution in [2.45, 2.75) is 38.1 Å². The molecule has 0 amide bonds. The molecule has 0 radical (unpaired) electrons. The third kappa shape index (κ3) is 3.54. The van der Waals surface area contributed by atoms with Gasteiger partial charge in [0.1, 0.15) is 0 Å². The Morgan fingerprint density at radius 2 is 1.53 bits per heavy atom. The van der Waals surface area contributed by atoms with Crippen LogP contribution in [-0.4, -0.2) is 37.4 Å². The van der Waals surface area contributed by atoms with Crippen LogP contribution in [0.1, 0.15) is 23.6 Å². The zero-order chi connectivity index (χ0) is 14.8. The van der Waals surface area contributed by atoms with Crippen LogP contribution in [0.15, 0.2) is 17.0 Å². The second-order valence-corrected chi connectivity index (χ2v) is 6.83. The van der Waals surface area contributed by atoms with Crippen LogP contribution in [0.2, 0.25) is 0 Å². The summed E-state index contributed by atoms with van der Waals surface area (Å²) in [4.78, 5) is 0.200. The molecule has 3 N–H and O–H groups in total. The maximum atomic E-state index is 12.4. The molecular weight excluding hydrogens is 266 g/mol. The highest BCUT2D eigenvalue weighted by Gasteiger charge is 2.31. The van der Waals surface area contributed by atoms with E-state index >= 15 is 0 Å². The van der Waals surface area contributed by atoms with E-state index in [1.54, 1.807) is 26.0 Å². The Morgan fingerprint density at radius 1 is 1.11 bits per heavy atom. The molecule has 0 aliphatic rings. The van der Waals surface area contributed by atoms with Crippen LogP contribution >= 0.6 is 0 Å². The van der Waals surface area contributed by atoms with Gasteiger partial charge in [-0.15, -0.1) is 0 Å². The van der Waals surface area contributed by atoms with E-state index in [2.05, 4.69) is 4.72 Å². The van der Waals surface area contributed by atoms with Crippen LogP contribution < -0.4 is 4.72 Å². The van der Waals surface area contributed by atoms with E-state index in [1.165, 1.54) is 6.92 Å². The molecule has 0 fully saturated rings. The highest BCUT2D eigenvalue weighted by molar-refractivity contribution is 7.89. The summed E-state index contributed by atoms with van der Waals surface area (Å²) >= 11 is 0. The molecule has 0 aromatic heterocycles. The Hall–Kier alpha value is -0.950. The Kier molecular flexibility index (Phi) is 4.73. The van der Waals surface area contributed by atoms with Gasteiger partial charge in [0.15, 0.2) is 0 Å². The fourth-order valence-electron chi connectivity index (χ4n) is 2.08. The van der Waals surface area contributed by atoms with Crippen LogP contribution in [0.5, 0.6) is 0 Å². The maximum Gasteiger partial charge on any atom is 0.241 e. The predicted octanol–water partition coefficient (Wildman–Crippen LogP) is 0.633. The van der Waals surface area contributed by atoms with E-state index in [1.807, 2.05) is 6.92 Å². The normalized spacial score (nSPS) is 12.7.